The number of carbonyl (C=O) groups is 1. The third-order valence-corrected chi connectivity index (χ3v) is 5.26. The molecule has 9 nitrogen and oxygen atoms in total. The third kappa shape index (κ3) is 7.24. The zero-order valence-electron chi connectivity index (χ0n) is 18.6. The summed E-state index contributed by atoms with van der Waals surface area (Å²) in [4.78, 5) is 21.2. The number of nitrogens with one attached hydrogen (secondary N) is 2. The molecule has 10 heteroatoms. The molecule has 3 rings (SSSR count). The van der Waals surface area contributed by atoms with Gasteiger partial charge in [0.25, 0.3) is 0 Å². The molecule has 0 aliphatic rings. The van der Waals surface area contributed by atoms with E-state index >= 15 is 0 Å². The zero-order valence-corrected chi connectivity index (χ0v) is 19.4. The van der Waals surface area contributed by atoms with Crippen LogP contribution in [0.5, 0.6) is 0 Å². The Kier molecular flexibility index (Phi) is 8.76. The summed E-state index contributed by atoms with van der Waals surface area (Å²) in [5, 5.41) is 30.1. The Hall–Kier alpha value is -3.01. The summed E-state index contributed by atoms with van der Waals surface area (Å²) in [6.07, 6.45) is 5.66. The lowest BCUT2D eigenvalue weighted by Gasteiger charge is -2.18. The van der Waals surface area contributed by atoms with E-state index in [1.807, 2.05) is 6.07 Å². The van der Waals surface area contributed by atoms with E-state index < -0.39 is 0 Å². The quantitative estimate of drug-likeness (QED) is 0.337. The average Bonchev–Trinajstić information content (AvgIpc) is 3.25. The maximum Gasteiger partial charge on any atom is 0.225 e. The molecule has 0 unspecified atom stereocenters. The van der Waals surface area contributed by atoms with Crippen molar-refractivity contribution in [2.24, 2.45) is 5.92 Å². The van der Waals surface area contributed by atoms with Crippen LogP contribution in [-0.4, -0.2) is 55.1 Å². The lowest BCUT2D eigenvalue weighted by Crippen LogP contribution is -2.26. The minimum absolute atomic E-state index is 0.0201. The molecule has 3 aromatic rings. The van der Waals surface area contributed by atoms with Crippen molar-refractivity contribution >= 4 is 29.1 Å². The lowest BCUT2D eigenvalue weighted by molar-refractivity contribution is -0.116. The highest BCUT2D eigenvalue weighted by molar-refractivity contribution is 6.30. The molecule has 1 amide bonds. The number of rotatable bonds is 11. The molecule has 2 heterocycles. The number of aromatic nitrogens is 4. The van der Waals surface area contributed by atoms with Gasteiger partial charge in [-0.25, -0.2) is 9.67 Å². The monoisotopic (exact) mass is 472 g/mol. The first-order valence-electron chi connectivity index (χ1n) is 10.8. The van der Waals surface area contributed by atoms with E-state index in [0.717, 1.165) is 12.0 Å². The number of halogens is 1. The van der Waals surface area contributed by atoms with Gasteiger partial charge < -0.3 is 20.8 Å². The Morgan fingerprint density at radius 3 is 2.73 bits per heavy atom. The van der Waals surface area contributed by atoms with Gasteiger partial charge in [0, 0.05) is 29.6 Å². The number of aliphatic hydroxyl groups is 2. The van der Waals surface area contributed by atoms with E-state index in [-0.39, 0.29) is 37.5 Å². The fourth-order valence-electron chi connectivity index (χ4n) is 3.47. The fraction of sp³-hybridized carbons (Fsp3) is 0.391. The van der Waals surface area contributed by atoms with E-state index in [2.05, 4.69) is 39.5 Å². The van der Waals surface area contributed by atoms with Crippen LogP contribution in [0.25, 0.3) is 5.82 Å². The smallest absolute Gasteiger partial charge is 0.225 e. The summed E-state index contributed by atoms with van der Waals surface area (Å²) in [6, 6.07) is 8.67. The normalized spacial score (nSPS) is 13.0. The molecule has 0 spiro atoms. The van der Waals surface area contributed by atoms with Crippen molar-refractivity contribution in [2.75, 3.05) is 23.8 Å². The van der Waals surface area contributed by atoms with Gasteiger partial charge in [-0.05, 0) is 30.0 Å². The first-order valence-corrected chi connectivity index (χ1v) is 11.2. The van der Waals surface area contributed by atoms with Gasteiger partial charge in [0.05, 0.1) is 37.3 Å². The highest BCUT2D eigenvalue weighted by atomic mass is 35.5. The van der Waals surface area contributed by atoms with Crippen LogP contribution < -0.4 is 10.6 Å². The van der Waals surface area contributed by atoms with Gasteiger partial charge in [-0.15, -0.1) is 0 Å². The molecule has 0 fully saturated rings. The van der Waals surface area contributed by atoms with Gasteiger partial charge in [0.1, 0.15) is 0 Å². The van der Waals surface area contributed by atoms with Gasteiger partial charge in [-0.1, -0.05) is 37.6 Å². The minimum atomic E-state index is -0.362. The summed E-state index contributed by atoms with van der Waals surface area (Å²) < 4.78 is 1.53. The highest BCUT2D eigenvalue weighted by Crippen LogP contribution is 2.23. The second-order valence-electron chi connectivity index (χ2n) is 8.25. The summed E-state index contributed by atoms with van der Waals surface area (Å²) in [5.41, 5.74) is 1.31. The van der Waals surface area contributed by atoms with Crippen LogP contribution >= 0.6 is 11.6 Å². The molecule has 0 bridgehead atoms. The molecular weight excluding hydrogens is 444 g/mol. The molecule has 33 heavy (non-hydrogen) atoms. The molecule has 1 aromatic carbocycles. The number of nitrogens with zero attached hydrogens (tertiary/aromatic N) is 4. The maximum atomic E-state index is 12.5. The number of hydrogen-bond acceptors (Lipinski definition) is 7. The molecule has 2 aromatic heterocycles. The van der Waals surface area contributed by atoms with Crippen LogP contribution in [0.4, 0.5) is 11.6 Å². The molecule has 0 saturated heterocycles. The number of hydrogen-bond donors (Lipinski definition) is 4. The Bertz CT molecular complexity index is 1060. The SMILES string of the molecule is CC(C)C[C@@H](CO)Nc1nccc(-n2cc(NC(=O)C[C@H](CO)c3cccc(Cl)c3)cn2)n1. The van der Waals surface area contributed by atoms with E-state index in [0.29, 0.717) is 28.4 Å². The second-order valence-corrected chi connectivity index (χ2v) is 8.69. The molecule has 0 aliphatic heterocycles. The number of benzene rings is 1. The van der Waals surface area contributed by atoms with Gasteiger partial charge >= 0.3 is 0 Å². The van der Waals surface area contributed by atoms with Crippen LogP contribution in [0.3, 0.4) is 0 Å². The van der Waals surface area contributed by atoms with E-state index in [4.69, 9.17) is 11.6 Å². The van der Waals surface area contributed by atoms with Crippen molar-refractivity contribution in [3.8, 4) is 5.82 Å². The summed E-state index contributed by atoms with van der Waals surface area (Å²) in [5.74, 6) is 0.707. The van der Waals surface area contributed by atoms with Crippen molar-refractivity contribution in [1.82, 2.24) is 19.7 Å². The minimum Gasteiger partial charge on any atom is -0.396 e. The van der Waals surface area contributed by atoms with Crippen LogP contribution in [0.1, 0.15) is 38.2 Å². The first kappa shape index (κ1) is 24.6. The van der Waals surface area contributed by atoms with Gasteiger partial charge in [0.2, 0.25) is 11.9 Å². The topological polar surface area (TPSA) is 125 Å². The van der Waals surface area contributed by atoms with Crippen molar-refractivity contribution < 1.29 is 15.0 Å². The maximum absolute atomic E-state index is 12.5. The summed E-state index contributed by atoms with van der Waals surface area (Å²) in [7, 11) is 0. The van der Waals surface area contributed by atoms with Gasteiger partial charge in [-0.3, -0.25) is 4.79 Å². The van der Waals surface area contributed by atoms with E-state index in [1.54, 1.807) is 36.7 Å². The Morgan fingerprint density at radius 1 is 1.21 bits per heavy atom. The lowest BCUT2D eigenvalue weighted by atomic mass is 9.96. The highest BCUT2D eigenvalue weighted by Gasteiger charge is 2.17. The number of anilines is 2. The fourth-order valence-corrected chi connectivity index (χ4v) is 3.67. The van der Waals surface area contributed by atoms with Crippen LogP contribution in [0.15, 0.2) is 48.9 Å². The van der Waals surface area contributed by atoms with Crippen LogP contribution in [0, 0.1) is 5.92 Å². The molecule has 0 saturated carbocycles. The van der Waals surface area contributed by atoms with Gasteiger partial charge in [-0.2, -0.15) is 10.1 Å². The predicted octanol–water partition coefficient (Wildman–Crippen LogP) is 3.24. The van der Waals surface area contributed by atoms with Crippen LogP contribution in [0.2, 0.25) is 5.02 Å². The van der Waals surface area contributed by atoms with Crippen molar-refractivity contribution in [2.45, 2.75) is 38.6 Å². The molecule has 0 aliphatic carbocycles. The average molecular weight is 473 g/mol. The Morgan fingerprint density at radius 2 is 2.03 bits per heavy atom. The predicted molar refractivity (Wildman–Crippen MR) is 128 cm³/mol. The Balaban J connectivity index is 1.64. The number of aliphatic hydroxyl groups excluding tert-OH is 2. The second kappa shape index (κ2) is 11.7. The van der Waals surface area contributed by atoms with E-state index in [9.17, 15) is 15.0 Å². The molecular formula is C23H29ClN6O3. The van der Waals surface area contributed by atoms with E-state index in [1.165, 1.54) is 10.9 Å². The molecule has 2 atom stereocenters. The standard InChI is InChI=1S/C23H29ClN6O3/c1-15(2)8-19(14-32)28-23-25-7-6-21(29-23)30-12-20(11-26-30)27-22(33)10-17(13-31)16-4-3-5-18(24)9-16/h3-7,9,11-12,15,17,19,31-32H,8,10,13-14H2,1-2H3,(H,27,33)(H,25,28,29)/t17-,19+/m1/s1. The Labute approximate surface area is 197 Å². The molecule has 4 N–H and O–H groups in total. The number of carbonyl (C=O) groups excluding carboxylic acids is 1. The van der Waals surface area contributed by atoms with Crippen molar-refractivity contribution in [3.05, 3.63) is 59.5 Å². The van der Waals surface area contributed by atoms with Crippen LogP contribution in [-0.2, 0) is 4.79 Å². The first-order chi connectivity index (χ1) is 15.9. The van der Waals surface area contributed by atoms with Gasteiger partial charge in [0.15, 0.2) is 5.82 Å². The summed E-state index contributed by atoms with van der Waals surface area (Å²) >= 11 is 6.02. The largest absolute Gasteiger partial charge is 0.396 e. The van der Waals surface area contributed by atoms with Crippen molar-refractivity contribution in [1.29, 1.82) is 0 Å². The number of amides is 1. The summed E-state index contributed by atoms with van der Waals surface area (Å²) in [6.45, 7) is 3.97. The van der Waals surface area contributed by atoms with Crippen molar-refractivity contribution in [3.63, 3.8) is 0 Å². The third-order valence-electron chi connectivity index (χ3n) is 5.02. The molecule has 0 radical (unpaired) electrons. The molecule has 176 valence electrons. The zero-order chi connectivity index (χ0) is 23.8.